The van der Waals surface area contributed by atoms with Crippen LogP contribution >= 0.6 is 0 Å². The lowest BCUT2D eigenvalue weighted by atomic mass is 9.95. The van der Waals surface area contributed by atoms with Crippen LogP contribution in [0.2, 0.25) is 0 Å². The van der Waals surface area contributed by atoms with Gasteiger partial charge in [0.1, 0.15) is 18.1 Å². The Morgan fingerprint density at radius 3 is 2.40 bits per heavy atom. The van der Waals surface area contributed by atoms with Crippen molar-refractivity contribution in [2.24, 2.45) is 0 Å². The number of ether oxygens (including phenoxy) is 2. The number of carbonyl (C=O) groups is 2. The van der Waals surface area contributed by atoms with Crippen molar-refractivity contribution in [2.75, 3.05) is 26.9 Å². The molecule has 0 saturated carbocycles. The first-order valence-corrected chi connectivity index (χ1v) is 9.66. The average molecular weight is 407 g/mol. The normalized spacial score (nSPS) is 17.9. The quantitative estimate of drug-likeness (QED) is 0.313. The van der Waals surface area contributed by atoms with Crippen LogP contribution in [-0.4, -0.2) is 48.6 Å². The predicted molar refractivity (Wildman–Crippen MR) is 114 cm³/mol. The van der Waals surface area contributed by atoms with E-state index in [-0.39, 0.29) is 24.5 Å². The van der Waals surface area contributed by atoms with Gasteiger partial charge in [0.05, 0.1) is 18.2 Å². The van der Waals surface area contributed by atoms with Crippen LogP contribution in [0, 0.1) is 6.92 Å². The Kier molecular flexibility index (Phi) is 6.69. The van der Waals surface area contributed by atoms with Gasteiger partial charge in [-0.2, -0.15) is 0 Å². The van der Waals surface area contributed by atoms with Crippen molar-refractivity contribution in [1.82, 2.24) is 4.90 Å². The molecule has 1 aliphatic rings. The first kappa shape index (κ1) is 21.3. The van der Waals surface area contributed by atoms with Gasteiger partial charge in [0.2, 0.25) is 0 Å². The molecule has 2 aromatic rings. The number of aliphatic hydroxyl groups is 1. The largest absolute Gasteiger partial charge is 0.507 e. The third-order valence-corrected chi connectivity index (χ3v) is 4.96. The number of rotatable bonds is 8. The van der Waals surface area contributed by atoms with Gasteiger partial charge < -0.3 is 19.5 Å². The van der Waals surface area contributed by atoms with Crippen LogP contribution in [0.3, 0.4) is 0 Å². The van der Waals surface area contributed by atoms with E-state index in [0.29, 0.717) is 23.5 Å². The number of amides is 1. The lowest BCUT2D eigenvalue weighted by Gasteiger charge is -2.25. The lowest BCUT2D eigenvalue weighted by molar-refractivity contribution is -0.140. The first-order chi connectivity index (χ1) is 14.5. The van der Waals surface area contributed by atoms with E-state index < -0.39 is 17.7 Å². The number of likely N-dealkylation sites (tertiary alicyclic amines) is 1. The van der Waals surface area contributed by atoms with E-state index in [4.69, 9.17) is 9.47 Å². The van der Waals surface area contributed by atoms with E-state index in [2.05, 4.69) is 6.58 Å². The van der Waals surface area contributed by atoms with Crippen molar-refractivity contribution in [1.29, 1.82) is 0 Å². The number of methoxy groups -OCH3 is 1. The Morgan fingerprint density at radius 2 is 1.80 bits per heavy atom. The number of Topliss-reactive ketones (excluding diaryl/α,β-unsaturated/α-hetero) is 1. The minimum Gasteiger partial charge on any atom is -0.507 e. The van der Waals surface area contributed by atoms with Gasteiger partial charge in [0.15, 0.2) is 0 Å². The first-order valence-electron chi connectivity index (χ1n) is 9.66. The summed E-state index contributed by atoms with van der Waals surface area (Å²) in [6.45, 7) is 6.43. The van der Waals surface area contributed by atoms with Crippen LogP contribution in [-0.2, 0) is 14.3 Å². The van der Waals surface area contributed by atoms with Gasteiger partial charge in [0, 0.05) is 19.2 Å². The van der Waals surface area contributed by atoms with E-state index in [1.165, 1.54) is 12.0 Å². The minimum absolute atomic E-state index is 0.0692. The molecule has 1 saturated heterocycles. The topological polar surface area (TPSA) is 76.1 Å². The van der Waals surface area contributed by atoms with Crippen LogP contribution in [0.5, 0.6) is 5.75 Å². The van der Waals surface area contributed by atoms with Crippen LogP contribution in [0.4, 0.5) is 0 Å². The molecule has 1 aliphatic heterocycles. The van der Waals surface area contributed by atoms with Crippen LogP contribution < -0.4 is 4.74 Å². The zero-order chi connectivity index (χ0) is 21.7. The van der Waals surface area contributed by atoms with Gasteiger partial charge in [-0.05, 0) is 24.6 Å². The molecule has 1 N–H and O–H groups in total. The Hall–Kier alpha value is -3.38. The Bertz CT molecular complexity index is 960. The molecule has 0 aliphatic carbocycles. The highest BCUT2D eigenvalue weighted by Gasteiger charge is 2.45. The molecule has 6 nitrogen and oxygen atoms in total. The summed E-state index contributed by atoms with van der Waals surface area (Å²) in [6.07, 6.45) is 1.65. The van der Waals surface area contributed by atoms with Crippen LogP contribution in [0.1, 0.15) is 22.7 Å². The summed E-state index contributed by atoms with van der Waals surface area (Å²) in [6, 6.07) is 13.5. The molecule has 0 spiro atoms. The fourth-order valence-electron chi connectivity index (χ4n) is 3.42. The molecule has 1 atom stereocenters. The van der Waals surface area contributed by atoms with Crippen LogP contribution in [0.15, 0.2) is 66.8 Å². The number of aryl methyl sites for hydroxylation is 1. The third kappa shape index (κ3) is 4.28. The highest BCUT2D eigenvalue weighted by Crippen LogP contribution is 2.39. The molecule has 0 bridgehead atoms. The second-order valence-corrected chi connectivity index (χ2v) is 7.02. The summed E-state index contributed by atoms with van der Waals surface area (Å²) in [7, 11) is 1.53. The predicted octanol–water partition coefficient (Wildman–Crippen LogP) is 3.63. The molecule has 0 unspecified atom stereocenters. The number of aliphatic hydroxyl groups excluding tert-OH is 1. The number of ketones is 1. The van der Waals surface area contributed by atoms with E-state index in [0.717, 1.165) is 5.56 Å². The molecule has 1 heterocycles. The highest BCUT2D eigenvalue weighted by atomic mass is 16.5. The second kappa shape index (κ2) is 9.41. The van der Waals surface area contributed by atoms with E-state index in [9.17, 15) is 14.7 Å². The SMILES string of the molecule is C=CCOc1ccc([C@@H]2/C(=C(\O)c3ccc(C)cc3)C(=O)C(=O)N2CCOC)cc1. The minimum atomic E-state index is -0.713. The second-order valence-electron chi connectivity index (χ2n) is 7.02. The van der Waals surface area contributed by atoms with Gasteiger partial charge in [-0.15, -0.1) is 0 Å². The number of hydrogen-bond donors (Lipinski definition) is 1. The summed E-state index contributed by atoms with van der Waals surface area (Å²) >= 11 is 0. The molecule has 1 amide bonds. The molecule has 156 valence electrons. The zero-order valence-corrected chi connectivity index (χ0v) is 17.1. The fraction of sp³-hybridized carbons (Fsp3) is 0.250. The van der Waals surface area contributed by atoms with Crippen molar-refractivity contribution < 1.29 is 24.2 Å². The fourth-order valence-corrected chi connectivity index (χ4v) is 3.42. The average Bonchev–Trinajstić information content (AvgIpc) is 3.01. The third-order valence-electron chi connectivity index (χ3n) is 4.96. The number of nitrogens with zero attached hydrogens (tertiary/aromatic N) is 1. The van der Waals surface area contributed by atoms with Crippen molar-refractivity contribution in [3.8, 4) is 5.75 Å². The Labute approximate surface area is 176 Å². The Balaban J connectivity index is 2.07. The smallest absolute Gasteiger partial charge is 0.295 e. The molecule has 1 fully saturated rings. The summed E-state index contributed by atoms with van der Waals surface area (Å²) in [5.74, 6) is -0.907. The molecule has 3 rings (SSSR count). The number of benzene rings is 2. The molecular weight excluding hydrogens is 382 g/mol. The van der Waals surface area contributed by atoms with E-state index in [1.807, 2.05) is 19.1 Å². The van der Waals surface area contributed by atoms with E-state index >= 15 is 0 Å². The maximum absolute atomic E-state index is 12.9. The molecule has 0 aromatic heterocycles. The van der Waals surface area contributed by atoms with Crippen molar-refractivity contribution >= 4 is 17.4 Å². The maximum Gasteiger partial charge on any atom is 0.295 e. The standard InChI is InChI=1S/C24H25NO5/c1-4-14-30-19-11-9-17(10-12-19)21-20(22(26)18-7-5-16(2)6-8-18)23(27)24(28)25(21)13-15-29-3/h4-12,21,26H,1,13-15H2,2-3H3/b22-20+/t21-/m1/s1. The van der Waals surface area contributed by atoms with Gasteiger partial charge in [0.25, 0.3) is 11.7 Å². The summed E-state index contributed by atoms with van der Waals surface area (Å²) in [5.41, 5.74) is 2.28. The van der Waals surface area contributed by atoms with Gasteiger partial charge in [-0.3, -0.25) is 9.59 Å². The van der Waals surface area contributed by atoms with E-state index in [1.54, 1.807) is 42.5 Å². The molecular formula is C24H25NO5. The molecule has 2 aromatic carbocycles. The Morgan fingerprint density at radius 1 is 1.13 bits per heavy atom. The van der Waals surface area contributed by atoms with Crippen molar-refractivity contribution in [2.45, 2.75) is 13.0 Å². The summed E-state index contributed by atoms with van der Waals surface area (Å²) in [5, 5.41) is 11.0. The van der Waals surface area contributed by atoms with Gasteiger partial charge in [-0.1, -0.05) is 54.6 Å². The molecule has 6 heteroatoms. The highest BCUT2D eigenvalue weighted by molar-refractivity contribution is 6.46. The van der Waals surface area contributed by atoms with Crippen molar-refractivity contribution in [3.05, 3.63) is 83.4 Å². The maximum atomic E-state index is 12.9. The van der Waals surface area contributed by atoms with Crippen LogP contribution in [0.25, 0.3) is 5.76 Å². The summed E-state index contributed by atoms with van der Waals surface area (Å²) in [4.78, 5) is 27.0. The van der Waals surface area contributed by atoms with Gasteiger partial charge in [-0.25, -0.2) is 0 Å². The molecule has 30 heavy (non-hydrogen) atoms. The lowest BCUT2D eigenvalue weighted by Crippen LogP contribution is -2.32. The number of carbonyl (C=O) groups excluding carboxylic acids is 2. The zero-order valence-electron chi connectivity index (χ0n) is 17.1. The number of hydrogen-bond acceptors (Lipinski definition) is 5. The molecule has 0 radical (unpaired) electrons. The monoisotopic (exact) mass is 407 g/mol. The van der Waals surface area contributed by atoms with Gasteiger partial charge >= 0.3 is 0 Å². The van der Waals surface area contributed by atoms with Crippen molar-refractivity contribution in [3.63, 3.8) is 0 Å². The summed E-state index contributed by atoms with van der Waals surface area (Å²) < 4.78 is 10.6.